The summed E-state index contributed by atoms with van der Waals surface area (Å²) >= 11 is 4.61. The van der Waals surface area contributed by atoms with Gasteiger partial charge in [-0.3, -0.25) is 10.1 Å². The Morgan fingerprint density at radius 2 is 2.46 bits per heavy atom. The summed E-state index contributed by atoms with van der Waals surface area (Å²) in [6.07, 6.45) is 3.58. The Bertz CT molecular complexity index is 340. The minimum atomic E-state index is 0.156. The van der Waals surface area contributed by atoms with Crippen LogP contribution in [0.25, 0.3) is 0 Å². The van der Waals surface area contributed by atoms with Gasteiger partial charge in [0.1, 0.15) is 0 Å². The number of aromatic nitrogens is 2. The van der Waals surface area contributed by atoms with Crippen LogP contribution in [-0.2, 0) is 7.05 Å². The third-order valence-electron chi connectivity index (χ3n) is 1.46. The molecule has 0 atom stereocenters. The first-order valence-corrected chi connectivity index (χ1v) is 4.09. The number of nitrogens with two attached hydrogens (primary N) is 1. The van der Waals surface area contributed by atoms with Crippen molar-refractivity contribution in [3.63, 3.8) is 0 Å². The summed E-state index contributed by atoms with van der Waals surface area (Å²) in [4.78, 5) is 0. The molecule has 3 N–H and O–H groups in total. The van der Waals surface area contributed by atoms with Gasteiger partial charge in [-0.05, 0) is 19.1 Å². The van der Waals surface area contributed by atoms with Gasteiger partial charge in [-0.2, -0.15) is 10.2 Å². The predicted octanol–water partition coefficient (Wildman–Crippen LogP) is -0.0227. The van der Waals surface area contributed by atoms with Gasteiger partial charge < -0.3 is 5.73 Å². The largest absolute Gasteiger partial charge is 0.375 e. The molecule has 1 rings (SSSR count). The molecule has 0 aromatic carbocycles. The van der Waals surface area contributed by atoms with Crippen molar-refractivity contribution in [1.82, 2.24) is 15.2 Å². The Hall–Kier alpha value is -1.43. The summed E-state index contributed by atoms with van der Waals surface area (Å²) in [5.74, 6) is 0. The Labute approximate surface area is 81.6 Å². The number of hydrogen-bond acceptors (Lipinski definition) is 3. The zero-order valence-corrected chi connectivity index (χ0v) is 8.30. The number of aryl methyl sites for hydroxylation is 1. The fourth-order valence-corrected chi connectivity index (χ4v) is 0.857. The van der Waals surface area contributed by atoms with Crippen LogP contribution in [0, 0.1) is 0 Å². The Kier molecular flexibility index (Phi) is 2.97. The first-order valence-electron chi connectivity index (χ1n) is 3.68. The van der Waals surface area contributed by atoms with E-state index in [-0.39, 0.29) is 5.11 Å². The molecule has 13 heavy (non-hydrogen) atoms. The molecule has 0 aliphatic carbocycles. The molecule has 0 saturated heterocycles. The zero-order valence-electron chi connectivity index (χ0n) is 7.48. The maximum atomic E-state index is 5.22. The highest BCUT2D eigenvalue weighted by Crippen LogP contribution is 1.97. The van der Waals surface area contributed by atoms with Crippen LogP contribution in [0.15, 0.2) is 17.5 Å². The summed E-state index contributed by atoms with van der Waals surface area (Å²) in [5, 5.41) is 8.12. The summed E-state index contributed by atoms with van der Waals surface area (Å²) in [7, 11) is 1.85. The van der Waals surface area contributed by atoms with Crippen molar-refractivity contribution in [2.24, 2.45) is 17.9 Å². The molecule has 0 amide bonds. The van der Waals surface area contributed by atoms with Crippen molar-refractivity contribution in [3.8, 4) is 0 Å². The summed E-state index contributed by atoms with van der Waals surface area (Å²) in [5.41, 5.74) is 9.46. The van der Waals surface area contributed by atoms with E-state index in [2.05, 4.69) is 27.8 Å². The summed E-state index contributed by atoms with van der Waals surface area (Å²) < 4.78 is 1.70. The highest BCUT2D eigenvalue weighted by atomic mass is 32.1. The Morgan fingerprint density at radius 3 is 2.92 bits per heavy atom. The highest BCUT2D eigenvalue weighted by molar-refractivity contribution is 7.80. The SMILES string of the molecule is CC(=NNC(N)=S)c1cnn(C)c1. The van der Waals surface area contributed by atoms with Gasteiger partial charge in [-0.1, -0.05) is 0 Å². The number of thiocarbonyl (C=S) groups is 1. The normalized spacial score (nSPS) is 11.4. The van der Waals surface area contributed by atoms with E-state index in [0.29, 0.717) is 0 Å². The summed E-state index contributed by atoms with van der Waals surface area (Å²) in [6.45, 7) is 1.85. The maximum Gasteiger partial charge on any atom is 0.184 e. The molecule has 6 heteroatoms. The fourth-order valence-electron chi connectivity index (χ4n) is 0.812. The average Bonchev–Trinajstić information content (AvgIpc) is 2.47. The van der Waals surface area contributed by atoms with Crippen LogP contribution in [0.4, 0.5) is 0 Å². The van der Waals surface area contributed by atoms with Crippen LogP contribution < -0.4 is 11.2 Å². The van der Waals surface area contributed by atoms with E-state index in [9.17, 15) is 0 Å². The second kappa shape index (κ2) is 3.99. The molecule has 1 aromatic heterocycles. The molecule has 0 unspecified atom stereocenters. The third kappa shape index (κ3) is 2.83. The monoisotopic (exact) mass is 197 g/mol. The third-order valence-corrected chi connectivity index (χ3v) is 1.55. The number of hydrogen-bond donors (Lipinski definition) is 2. The molecule has 70 valence electrons. The number of hydrazone groups is 1. The van der Waals surface area contributed by atoms with Crippen molar-refractivity contribution in [2.75, 3.05) is 0 Å². The van der Waals surface area contributed by atoms with Crippen molar-refractivity contribution in [1.29, 1.82) is 0 Å². The Morgan fingerprint density at radius 1 is 1.77 bits per heavy atom. The van der Waals surface area contributed by atoms with E-state index < -0.39 is 0 Å². The van der Waals surface area contributed by atoms with Crippen LogP contribution in [0.1, 0.15) is 12.5 Å². The van der Waals surface area contributed by atoms with Gasteiger partial charge in [0.25, 0.3) is 0 Å². The smallest absolute Gasteiger partial charge is 0.184 e. The molecule has 0 aliphatic rings. The molecular formula is C7H11N5S. The first-order chi connectivity index (χ1) is 6.09. The summed E-state index contributed by atoms with van der Waals surface area (Å²) in [6, 6.07) is 0. The zero-order chi connectivity index (χ0) is 9.84. The van der Waals surface area contributed by atoms with Gasteiger partial charge in [-0.25, -0.2) is 0 Å². The lowest BCUT2D eigenvalue weighted by atomic mass is 10.2. The van der Waals surface area contributed by atoms with Crippen LogP contribution in [0.2, 0.25) is 0 Å². The van der Waals surface area contributed by atoms with Crippen LogP contribution in [-0.4, -0.2) is 20.6 Å². The van der Waals surface area contributed by atoms with Crippen LogP contribution in [0.5, 0.6) is 0 Å². The van der Waals surface area contributed by atoms with E-state index in [1.165, 1.54) is 0 Å². The van der Waals surface area contributed by atoms with Gasteiger partial charge in [-0.15, -0.1) is 0 Å². The van der Waals surface area contributed by atoms with Gasteiger partial charge >= 0.3 is 0 Å². The lowest BCUT2D eigenvalue weighted by Crippen LogP contribution is -2.25. The lowest BCUT2D eigenvalue weighted by Gasteiger charge is -1.97. The lowest BCUT2D eigenvalue weighted by molar-refractivity contribution is 0.767. The second-order valence-electron chi connectivity index (χ2n) is 2.58. The molecule has 0 spiro atoms. The predicted molar refractivity (Wildman–Crippen MR) is 55.3 cm³/mol. The van der Waals surface area contributed by atoms with E-state index in [0.717, 1.165) is 11.3 Å². The van der Waals surface area contributed by atoms with Crippen LogP contribution >= 0.6 is 12.2 Å². The molecule has 0 aliphatic heterocycles. The molecule has 0 saturated carbocycles. The molecule has 1 aromatic rings. The van der Waals surface area contributed by atoms with Gasteiger partial charge in [0, 0.05) is 18.8 Å². The van der Waals surface area contributed by atoms with Crippen LogP contribution in [0.3, 0.4) is 0 Å². The van der Waals surface area contributed by atoms with Gasteiger partial charge in [0.15, 0.2) is 5.11 Å². The number of rotatable bonds is 2. The molecule has 1 heterocycles. The second-order valence-corrected chi connectivity index (χ2v) is 3.02. The Balaban J connectivity index is 2.72. The minimum Gasteiger partial charge on any atom is -0.375 e. The van der Waals surface area contributed by atoms with Crippen molar-refractivity contribution >= 4 is 23.0 Å². The molecule has 5 nitrogen and oxygen atoms in total. The number of nitrogens with one attached hydrogen (secondary N) is 1. The minimum absolute atomic E-state index is 0.156. The molecule has 0 radical (unpaired) electrons. The van der Waals surface area contributed by atoms with E-state index in [4.69, 9.17) is 5.73 Å². The van der Waals surface area contributed by atoms with E-state index >= 15 is 0 Å². The quantitative estimate of drug-likeness (QED) is 0.397. The van der Waals surface area contributed by atoms with Gasteiger partial charge in [0.05, 0.1) is 11.9 Å². The average molecular weight is 197 g/mol. The van der Waals surface area contributed by atoms with Gasteiger partial charge in [0.2, 0.25) is 0 Å². The van der Waals surface area contributed by atoms with E-state index in [1.54, 1.807) is 10.9 Å². The van der Waals surface area contributed by atoms with Crippen molar-refractivity contribution in [2.45, 2.75) is 6.92 Å². The fraction of sp³-hybridized carbons (Fsp3) is 0.286. The van der Waals surface area contributed by atoms with E-state index in [1.807, 2.05) is 20.2 Å². The van der Waals surface area contributed by atoms with Crippen molar-refractivity contribution < 1.29 is 0 Å². The first kappa shape index (κ1) is 9.66. The molecule has 0 bridgehead atoms. The van der Waals surface area contributed by atoms with Crippen molar-refractivity contribution in [3.05, 3.63) is 18.0 Å². The molecular weight excluding hydrogens is 186 g/mol. The highest BCUT2D eigenvalue weighted by Gasteiger charge is 1.99. The topological polar surface area (TPSA) is 68.2 Å². The molecule has 0 fully saturated rings. The standard InChI is InChI=1S/C7H11N5S/c1-5(10-11-7(8)13)6-3-9-12(2)4-6/h3-4H,1-2H3,(H3,8,11,13). The number of nitrogens with zero attached hydrogens (tertiary/aromatic N) is 3. The maximum absolute atomic E-state index is 5.22.